The summed E-state index contributed by atoms with van der Waals surface area (Å²) in [6.45, 7) is 6.74. The van der Waals surface area contributed by atoms with E-state index in [9.17, 15) is 5.26 Å². The van der Waals surface area contributed by atoms with Gasteiger partial charge in [0, 0.05) is 27.5 Å². The highest BCUT2D eigenvalue weighted by Crippen LogP contribution is 2.39. The molecule has 0 amide bonds. The van der Waals surface area contributed by atoms with Gasteiger partial charge in [0.2, 0.25) is 0 Å². The summed E-state index contributed by atoms with van der Waals surface area (Å²) in [6, 6.07) is 51.9. The van der Waals surface area contributed by atoms with Crippen molar-refractivity contribution < 1.29 is 0 Å². The number of nitriles is 1. The van der Waals surface area contributed by atoms with E-state index in [2.05, 4.69) is 92.1 Å². The molecule has 0 spiro atoms. The van der Waals surface area contributed by atoms with Crippen molar-refractivity contribution in [3.05, 3.63) is 157 Å². The molecule has 0 aliphatic rings. The number of para-hydroxylation sites is 1. The second kappa shape index (κ2) is 12.0. The SMILES string of the molecule is CC(C)(C)c1ccc2c3ccccc3n(-c3ccc(-c4cccc(C#N)c4)cc3-c3nc(-c4ccccc4)nc(-c4ccccc4)n3)c2c1. The van der Waals surface area contributed by atoms with Gasteiger partial charge in [-0.3, -0.25) is 0 Å². The number of nitrogens with zero attached hydrogens (tertiary/aromatic N) is 5. The molecule has 0 atom stereocenters. The summed E-state index contributed by atoms with van der Waals surface area (Å²) in [6.07, 6.45) is 0. The molecular formula is C44H33N5. The molecule has 0 aliphatic carbocycles. The molecule has 8 rings (SSSR count). The fraction of sp³-hybridized carbons (Fsp3) is 0.0909. The number of hydrogen-bond acceptors (Lipinski definition) is 4. The first-order valence-corrected chi connectivity index (χ1v) is 16.4. The van der Waals surface area contributed by atoms with Gasteiger partial charge in [-0.25, -0.2) is 15.0 Å². The molecule has 0 aliphatic heterocycles. The smallest absolute Gasteiger partial charge is 0.166 e. The van der Waals surface area contributed by atoms with Crippen LogP contribution in [0.2, 0.25) is 0 Å². The first kappa shape index (κ1) is 30.0. The van der Waals surface area contributed by atoms with Crippen LogP contribution in [0.5, 0.6) is 0 Å². The molecule has 0 radical (unpaired) electrons. The first-order valence-electron chi connectivity index (χ1n) is 16.4. The minimum absolute atomic E-state index is 0.0305. The maximum atomic E-state index is 9.69. The summed E-state index contributed by atoms with van der Waals surface area (Å²) in [7, 11) is 0. The minimum Gasteiger partial charge on any atom is -0.308 e. The Labute approximate surface area is 285 Å². The van der Waals surface area contributed by atoms with Crippen LogP contribution in [-0.2, 0) is 5.41 Å². The molecule has 0 N–H and O–H groups in total. The van der Waals surface area contributed by atoms with Crippen LogP contribution in [0.15, 0.2) is 146 Å². The van der Waals surface area contributed by atoms with Gasteiger partial charge in [-0.05, 0) is 58.5 Å². The summed E-state index contributed by atoms with van der Waals surface area (Å²) in [5.74, 6) is 1.77. The van der Waals surface area contributed by atoms with Crippen molar-refractivity contribution in [3.8, 4) is 57.0 Å². The Hall–Kier alpha value is -6.38. The standard InChI is InChI=1S/C44H33N5/c1-44(2,3)34-22-23-36-35-19-10-11-20-38(35)49(40(36)27-34)39-24-21-33(32-18-12-13-29(25-32)28-45)26-37(39)43-47-41(30-14-6-4-7-15-30)46-42(48-43)31-16-8-5-9-17-31/h4-27H,1-3H3. The lowest BCUT2D eigenvalue weighted by Gasteiger charge is -2.20. The van der Waals surface area contributed by atoms with Crippen LogP contribution >= 0.6 is 0 Å². The van der Waals surface area contributed by atoms with Gasteiger partial charge in [0.1, 0.15) is 0 Å². The number of fused-ring (bicyclic) bond motifs is 3. The van der Waals surface area contributed by atoms with E-state index in [4.69, 9.17) is 15.0 Å². The Bertz CT molecular complexity index is 2480. The van der Waals surface area contributed by atoms with Crippen LogP contribution < -0.4 is 0 Å². The number of rotatable bonds is 5. The van der Waals surface area contributed by atoms with E-state index in [-0.39, 0.29) is 5.41 Å². The first-order chi connectivity index (χ1) is 23.9. The lowest BCUT2D eigenvalue weighted by atomic mass is 9.86. The van der Waals surface area contributed by atoms with Crippen LogP contribution in [0.25, 0.3) is 72.8 Å². The normalized spacial score (nSPS) is 11.6. The monoisotopic (exact) mass is 631 g/mol. The van der Waals surface area contributed by atoms with Crippen molar-refractivity contribution in [1.82, 2.24) is 19.5 Å². The summed E-state index contributed by atoms with van der Waals surface area (Å²) in [5.41, 5.74) is 9.62. The third-order valence-corrected chi connectivity index (χ3v) is 9.04. The summed E-state index contributed by atoms with van der Waals surface area (Å²) in [4.78, 5) is 15.3. The Kier molecular flexibility index (Phi) is 7.35. The third-order valence-electron chi connectivity index (χ3n) is 9.04. The zero-order valence-electron chi connectivity index (χ0n) is 27.6. The van der Waals surface area contributed by atoms with E-state index in [0.717, 1.165) is 44.5 Å². The molecule has 8 aromatic rings. The number of benzene rings is 6. The predicted octanol–water partition coefficient (Wildman–Crippen LogP) is 10.8. The van der Waals surface area contributed by atoms with Crippen molar-refractivity contribution in [2.24, 2.45) is 0 Å². The van der Waals surface area contributed by atoms with Gasteiger partial charge < -0.3 is 4.57 Å². The quantitative estimate of drug-likeness (QED) is 0.190. The van der Waals surface area contributed by atoms with Gasteiger partial charge in [-0.2, -0.15) is 5.26 Å². The molecule has 0 bridgehead atoms. The van der Waals surface area contributed by atoms with Crippen molar-refractivity contribution in [2.75, 3.05) is 0 Å². The molecule has 2 heterocycles. The number of aromatic nitrogens is 4. The van der Waals surface area contributed by atoms with E-state index >= 15 is 0 Å². The van der Waals surface area contributed by atoms with E-state index < -0.39 is 0 Å². The van der Waals surface area contributed by atoms with Crippen LogP contribution in [0.4, 0.5) is 0 Å². The van der Waals surface area contributed by atoms with Crippen molar-refractivity contribution in [3.63, 3.8) is 0 Å². The zero-order valence-corrected chi connectivity index (χ0v) is 27.6. The minimum atomic E-state index is -0.0305. The highest BCUT2D eigenvalue weighted by atomic mass is 15.1. The van der Waals surface area contributed by atoms with Gasteiger partial charge in [0.25, 0.3) is 0 Å². The Morgan fingerprint density at radius 2 is 1.10 bits per heavy atom. The largest absolute Gasteiger partial charge is 0.308 e. The molecule has 0 saturated carbocycles. The van der Waals surface area contributed by atoms with Crippen molar-refractivity contribution in [2.45, 2.75) is 26.2 Å². The predicted molar refractivity (Wildman–Crippen MR) is 199 cm³/mol. The molecule has 5 heteroatoms. The van der Waals surface area contributed by atoms with Crippen molar-refractivity contribution >= 4 is 21.8 Å². The second-order valence-electron chi connectivity index (χ2n) is 13.3. The van der Waals surface area contributed by atoms with Crippen LogP contribution in [-0.4, -0.2) is 19.5 Å². The van der Waals surface area contributed by atoms with Gasteiger partial charge in [0.05, 0.1) is 28.4 Å². The van der Waals surface area contributed by atoms with Crippen molar-refractivity contribution in [1.29, 1.82) is 5.26 Å². The molecule has 2 aromatic heterocycles. The third kappa shape index (κ3) is 5.54. The Morgan fingerprint density at radius 1 is 0.510 bits per heavy atom. The topological polar surface area (TPSA) is 67.4 Å². The zero-order chi connectivity index (χ0) is 33.5. The van der Waals surface area contributed by atoms with Gasteiger partial charge in [0.15, 0.2) is 17.5 Å². The summed E-state index contributed by atoms with van der Waals surface area (Å²) < 4.78 is 2.35. The highest BCUT2D eigenvalue weighted by molar-refractivity contribution is 6.10. The number of hydrogen-bond donors (Lipinski definition) is 0. The van der Waals surface area contributed by atoms with E-state index in [1.165, 1.54) is 16.3 Å². The molecule has 234 valence electrons. The fourth-order valence-corrected chi connectivity index (χ4v) is 6.48. The average molecular weight is 632 g/mol. The van der Waals surface area contributed by atoms with Crippen LogP contribution in [0.1, 0.15) is 31.9 Å². The summed E-state index contributed by atoms with van der Waals surface area (Å²) >= 11 is 0. The second-order valence-corrected chi connectivity index (χ2v) is 13.3. The van der Waals surface area contributed by atoms with Crippen LogP contribution in [0, 0.1) is 11.3 Å². The average Bonchev–Trinajstić information content (AvgIpc) is 3.48. The van der Waals surface area contributed by atoms with E-state index in [0.29, 0.717) is 23.0 Å². The Balaban J connectivity index is 1.47. The van der Waals surface area contributed by atoms with Gasteiger partial charge in [-0.1, -0.05) is 130 Å². The Morgan fingerprint density at radius 3 is 1.78 bits per heavy atom. The van der Waals surface area contributed by atoms with Gasteiger partial charge >= 0.3 is 0 Å². The molecule has 6 aromatic carbocycles. The molecule has 0 fully saturated rings. The van der Waals surface area contributed by atoms with E-state index in [1.54, 1.807) is 0 Å². The summed E-state index contributed by atoms with van der Waals surface area (Å²) in [5, 5.41) is 12.1. The maximum absolute atomic E-state index is 9.69. The van der Waals surface area contributed by atoms with Gasteiger partial charge in [-0.15, -0.1) is 0 Å². The molecule has 49 heavy (non-hydrogen) atoms. The highest BCUT2D eigenvalue weighted by Gasteiger charge is 2.22. The molecule has 0 unspecified atom stereocenters. The molecule has 5 nitrogen and oxygen atoms in total. The lowest BCUT2D eigenvalue weighted by Crippen LogP contribution is -2.11. The fourth-order valence-electron chi connectivity index (χ4n) is 6.48. The van der Waals surface area contributed by atoms with Crippen LogP contribution in [0.3, 0.4) is 0 Å². The maximum Gasteiger partial charge on any atom is 0.166 e. The van der Waals surface area contributed by atoms with E-state index in [1.807, 2.05) is 84.9 Å². The lowest BCUT2D eigenvalue weighted by molar-refractivity contribution is 0.591. The molecular weight excluding hydrogens is 599 g/mol. The molecule has 0 saturated heterocycles.